The van der Waals surface area contributed by atoms with Gasteiger partial charge in [-0.1, -0.05) is 108 Å². The Bertz CT molecular complexity index is 1800. The van der Waals surface area contributed by atoms with Crippen molar-refractivity contribution >= 4 is 36.0 Å². The number of benzene rings is 2. The summed E-state index contributed by atoms with van der Waals surface area (Å²) in [6, 6.07) is 21.3. The first-order chi connectivity index (χ1) is 29.8. The van der Waals surface area contributed by atoms with E-state index in [-0.39, 0.29) is 18.0 Å². The fourth-order valence-corrected chi connectivity index (χ4v) is 7.09. The molecule has 5 N–H and O–H groups in total. The van der Waals surface area contributed by atoms with Crippen LogP contribution >= 0.6 is 0 Å². The van der Waals surface area contributed by atoms with E-state index in [0.717, 1.165) is 112 Å². The average Bonchev–Trinajstić information content (AvgIpc) is 3.25. The standard InChI is InChI=1S/C31H41N5.C14H23N5O2.C5H12/c1-6-26(23(3)32-7-2)16-14-15-21-33-30-24(4)35-25(5)36-31(30)34-22-29(27-17-10-8-11-18-27)28-19-12-9-13-20-28;20-11-15-7-8-17-14(21)18-12-4-9-19(10-5-12)13-3-1-2-6-16-13;1-5(2,3)4/h8-13,17-21,26,29,32H,3,6-7,14-16,22H2,1-2,4-5H3,(H,34,35,36);1,3,11-12H,2,4-10H2,(H,15,20)(H2,17,18,21);1-4H3. The van der Waals surface area contributed by atoms with Gasteiger partial charge in [-0.3, -0.25) is 14.8 Å². The van der Waals surface area contributed by atoms with Gasteiger partial charge in [-0.05, 0) is 94.3 Å². The molecule has 3 amide bonds. The Morgan fingerprint density at radius 3 is 2.16 bits per heavy atom. The topological polar surface area (TPSA) is 148 Å². The van der Waals surface area contributed by atoms with Crippen LogP contribution in [0.25, 0.3) is 0 Å². The van der Waals surface area contributed by atoms with Crippen LogP contribution in [0.2, 0.25) is 0 Å². The third-order valence-electron chi connectivity index (χ3n) is 10.2. The number of aromatic nitrogens is 2. The Kier molecular flexibility index (Phi) is 23.1. The number of nitrogens with zero attached hydrogens (tertiary/aromatic N) is 5. The van der Waals surface area contributed by atoms with Crippen molar-refractivity contribution in [3.8, 4) is 0 Å². The van der Waals surface area contributed by atoms with E-state index in [1.165, 1.54) is 11.1 Å². The number of hydrogen-bond acceptors (Lipinski definition) is 9. The molecular formula is C50H76N10O2. The Balaban J connectivity index is 0.000000331. The van der Waals surface area contributed by atoms with Crippen molar-refractivity contribution in [2.24, 2.45) is 21.3 Å². The summed E-state index contributed by atoms with van der Waals surface area (Å²) in [5.41, 5.74) is 5.91. The lowest BCUT2D eigenvalue weighted by atomic mass is 9.91. The first-order valence-corrected chi connectivity index (χ1v) is 22.6. The van der Waals surface area contributed by atoms with E-state index < -0.39 is 0 Å². The van der Waals surface area contributed by atoms with Crippen molar-refractivity contribution in [1.29, 1.82) is 0 Å². The number of allylic oxidation sites excluding steroid dienone is 1. The summed E-state index contributed by atoms with van der Waals surface area (Å²) in [4.78, 5) is 42.7. The van der Waals surface area contributed by atoms with Crippen molar-refractivity contribution in [1.82, 2.24) is 36.1 Å². The third kappa shape index (κ3) is 19.9. The number of amides is 3. The number of amidine groups is 1. The lowest BCUT2D eigenvalue weighted by Gasteiger charge is -2.34. The van der Waals surface area contributed by atoms with Gasteiger partial charge in [0, 0.05) is 69.7 Å². The largest absolute Gasteiger partial charge is 0.389 e. The molecule has 3 heterocycles. The van der Waals surface area contributed by atoms with Gasteiger partial charge in [-0.15, -0.1) is 0 Å². The first-order valence-electron chi connectivity index (χ1n) is 22.6. The quantitative estimate of drug-likeness (QED) is 0.0459. The lowest BCUT2D eigenvalue weighted by Crippen LogP contribution is -2.49. The zero-order chi connectivity index (χ0) is 45.2. The first kappa shape index (κ1) is 50.8. The highest BCUT2D eigenvalue weighted by atomic mass is 16.2. The van der Waals surface area contributed by atoms with Gasteiger partial charge < -0.3 is 31.5 Å². The molecule has 338 valence electrons. The molecule has 0 spiro atoms. The molecule has 0 radical (unpaired) electrons. The highest BCUT2D eigenvalue weighted by Crippen LogP contribution is 2.30. The molecule has 1 atom stereocenters. The molecule has 1 fully saturated rings. The van der Waals surface area contributed by atoms with Crippen LogP contribution in [0.4, 0.5) is 16.3 Å². The fourth-order valence-electron chi connectivity index (χ4n) is 7.09. The predicted octanol–water partition coefficient (Wildman–Crippen LogP) is 9.27. The molecule has 1 aromatic heterocycles. The summed E-state index contributed by atoms with van der Waals surface area (Å²) in [6.07, 6.45) is 14.0. The Morgan fingerprint density at radius 2 is 1.60 bits per heavy atom. The lowest BCUT2D eigenvalue weighted by molar-refractivity contribution is -0.109. The van der Waals surface area contributed by atoms with Gasteiger partial charge in [0.25, 0.3) is 0 Å². The number of dihydropyridines is 1. The predicted molar refractivity (Wildman–Crippen MR) is 260 cm³/mol. The van der Waals surface area contributed by atoms with Crippen LogP contribution in [0.15, 0.2) is 95.1 Å². The number of anilines is 1. The average molecular weight is 849 g/mol. The Labute approximate surface area is 373 Å². The van der Waals surface area contributed by atoms with Crippen LogP contribution in [0.5, 0.6) is 0 Å². The Hall–Kier alpha value is -5.52. The van der Waals surface area contributed by atoms with E-state index in [1.807, 2.05) is 20.1 Å². The van der Waals surface area contributed by atoms with Crippen LogP contribution in [-0.2, 0) is 4.79 Å². The van der Waals surface area contributed by atoms with Crippen molar-refractivity contribution in [2.45, 2.75) is 112 Å². The summed E-state index contributed by atoms with van der Waals surface area (Å²) >= 11 is 0. The summed E-state index contributed by atoms with van der Waals surface area (Å²) in [6.45, 7) is 26.5. The maximum Gasteiger partial charge on any atom is 0.315 e. The van der Waals surface area contributed by atoms with Crippen molar-refractivity contribution in [2.75, 3.05) is 51.1 Å². The molecule has 2 aromatic carbocycles. The van der Waals surface area contributed by atoms with Gasteiger partial charge >= 0.3 is 6.03 Å². The van der Waals surface area contributed by atoms with E-state index in [1.54, 1.807) is 0 Å². The van der Waals surface area contributed by atoms with E-state index >= 15 is 0 Å². The van der Waals surface area contributed by atoms with E-state index in [4.69, 9.17) is 9.98 Å². The number of aryl methyl sites for hydroxylation is 2. The molecule has 0 saturated carbocycles. The van der Waals surface area contributed by atoms with Crippen LogP contribution in [-0.4, -0.2) is 91.2 Å². The highest BCUT2D eigenvalue weighted by molar-refractivity contribution is 5.93. The molecule has 0 bridgehead atoms. The van der Waals surface area contributed by atoms with Crippen molar-refractivity contribution < 1.29 is 9.59 Å². The van der Waals surface area contributed by atoms with Gasteiger partial charge in [0.15, 0.2) is 5.82 Å². The number of carbonyl (C=O) groups excluding carboxylic acids is 2. The number of carbonyl (C=O) groups is 2. The van der Waals surface area contributed by atoms with Crippen LogP contribution < -0.4 is 26.6 Å². The zero-order valence-electron chi connectivity index (χ0n) is 39.0. The summed E-state index contributed by atoms with van der Waals surface area (Å²) < 4.78 is 0. The second-order valence-corrected chi connectivity index (χ2v) is 17.4. The van der Waals surface area contributed by atoms with E-state index in [0.29, 0.717) is 30.8 Å². The molecule has 1 unspecified atom stereocenters. The minimum atomic E-state index is -0.170. The summed E-state index contributed by atoms with van der Waals surface area (Å²) in [5.74, 6) is 3.32. The van der Waals surface area contributed by atoms with Crippen LogP contribution in [0.1, 0.15) is 115 Å². The van der Waals surface area contributed by atoms with Gasteiger partial charge in [0.1, 0.15) is 17.3 Å². The van der Waals surface area contributed by atoms with Crippen LogP contribution in [0, 0.1) is 25.2 Å². The molecule has 2 aliphatic rings. The number of likely N-dealkylation sites (tertiary alicyclic amines) is 1. The Morgan fingerprint density at radius 1 is 0.952 bits per heavy atom. The second kappa shape index (κ2) is 28.2. The maximum absolute atomic E-state index is 11.7. The van der Waals surface area contributed by atoms with Crippen LogP contribution in [0.3, 0.4) is 0 Å². The van der Waals surface area contributed by atoms with Gasteiger partial charge in [0.05, 0.1) is 5.69 Å². The molecule has 62 heavy (non-hydrogen) atoms. The normalized spacial score (nSPS) is 14.4. The molecule has 3 aromatic rings. The van der Waals surface area contributed by atoms with E-state index in [2.05, 4.69) is 162 Å². The smallest absolute Gasteiger partial charge is 0.315 e. The number of urea groups is 1. The van der Waals surface area contributed by atoms with Crippen molar-refractivity contribution in [3.63, 3.8) is 0 Å². The fraction of sp³-hybridized carbons (Fsp3) is 0.520. The third-order valence-corrected chi connectivity index (χ3v) is 10.2. The molecule has 1 saturated heterocycles. The number of rotatable bonds is 19. The minimum absolute atomic E-state index is 0.170. The zero-order valence-corrected chi connectivity index (χ0v) is 39.0. The maximum atomic E-state index is 11.7. The second-order valence-electron chi connectivity index (χ2n) is 17.4. The molecule has 5 rings (SSSR count). The number of piperidine rings is 1. The molecular weight excluding hydrogens is 773 g/mol. The van der Waals surface area contributed by atoms with E-state index in [9.17, 15) is 9.59 Å². The molecule has 12 heteroatoms. The van der Waals surface area contributed by atoms with Gasteiger partial charge in [-0.2, -0.15) is 0 Å². The van der Waals surface area contributed by atoms with Crippen molar-refractivity contribution in [3.05, 3.63) is 108 Å². The number of aliphatic imine (C=N–C) groups is 2. The number of hydrogen-bond donors (Lipinski definition) is 5. The molecule has 0 aliphatic carbocycles. The number of nitrogens with one attached hydrogen (secondary N) is 5. The summed E-state index contributed by atoms with van der Waals surface area (Å²) in [5, 5.41) is 15.2. The monoisotopic (exact) mass is 849 g/mol. The molecule has 12 nitrogen and oxygen atoms in total. The summed E-state index contributed by atoms with van der Waals surface area (Å²) in [7, 11) is 0. The minimum Gasteiger partial charge on any atom is -0.389 e. The van der Waals surface area contributed by atoms with Gasteiger partial charge in [-0.25, -0.2) is 14.8 Å². The van der Waals surface area contributed by atoms with Gasteiger partial charge in [0.2, 0.25) is 6.41 Å². The highest BCUT2D eigenvalue weighted by Gasteiger charge is 2.22. The molecule has 2 aliphatic heterocycles. The number of unbranched alkanes of at least 4 members (excludes halogenated alkanes) is 1. The SMILES string of the molecule is C=C(NCC)C(CC)CCCC=Nc1c(C)nc(C)nc1NCC(c1ccccc1)c1ccccc1.CC(C)(C)C.O=CNCCNC(=O)NC1CCN(C2=NCCC=C2)CC1.